The summed E-state index contributed by atoms with van der Waals surface area (Å²) in [6, 6.07) is 11.3. The fraction of sp³-hybridized carbons (Fsp3) is 0.176. The molecule has 126 valence electrons. The number of nitrogens with one attached hydrogen (secondary N) is 1. The van der Waals surface area contributed by atoms with Crippen molar-refractivity contribution in [1.82, 2.24) is 5.43 Å². The summed E-state index contributed by atoms with van der Waals surface area (Å²) in [6.45, 7) is 3.30. The molecule has 0 saturated carbocycles. The quantitative estimate of drug-likeness (QED) is 0.620. The van der Waals surface area contributed by atoms with Gasteiger partial charge in [0.05, 0.1) is 10.7 Å². The van der Waals surface area contributed by atoms with Crippen LogP contribution in [0.2, 0.25) is 10.0 Å². The van der Waals surface area contributed by atoms with Gasteiger partial charge in [-0.2, -0.15) is 5.10 Å². The van der Waals surface area contributed by atoms with Crippen LogP contribution in [0.3, 0.4) is 0 Å². The summed E-state index contributed by atoms with van der Waals surface area (Å²) in [6.07, 6.45) is -0.801. The Hall–Kier alpha value is -2.24. The van der Waals surface area contributed by atoms with Crippen LogP contribution in [0.15, 0.2) is 47.6 Å². The third kappa shape index (κ3) is 4.88. The van der Waals surface area contributed by atoms with Gasteiger partial charge in [0.25, 0.3) is 5.91 Å². The molecular formula is C17H16Cl2N2O3. The number of ether oxygens (including phenoxy) is 1. The minimum absolute atomic E-state index is 0.127. The zero-order valence-electron chi connectivity index (χ0n) is 13.1. The van der Waals surface area contributed by atoms with Gasteiger partial charge < -0.3 is 9.84 Å². The first-order valence-electron chi connectivity index (χ1n) is 7.12. The summed E-state index contributed by atoms with van der Waals surface area (Å²) in [4.78, 5) is 12.1. The normalized spacial score (nSPS) is 12.6. The van der Waals surface area contributed by atoms with Gasteiger partial charge in [0.1, 0.15) is 11.5 Å². The number of carbonyl (C=O) groups is 1. The predicted octanol–water partition coefficient (Wildman–Crippen LogP) is 4.01. The third-order valence-corrected chi connectivity index (χ3v) is 3.70. The summed E-state index contributed by atoms with van der Waals surface area (Å²) in [7, 11) is 0. The Morgan fingerprint density at radius 2 is 2.00 bits per heavy atom. The first-order valence-corrected chi connectivity index (χ1v) is 7.87. The molecule has 0 aliphatic rings. The van der Waals surface area contributed by atoms with Crippen LogP contribution in [0.25, 0.3) is 0 Å². The van der Waals surface area contributed by atoms with Crippen LogP contribution in [0.1, 0.15) is 19.4 Å². The highest BCUT2D eigenvalue weighted by Gasteiger charge is 2.16. The van der Waals surface area contributed by atoms with Crippen molar-refractivity contribution < 1.29 is 14.6 Å². The lowest BCUT2D eigenvalue weighted by molar-refractivity contribution is -0.127. The van der Waals surface area contributed by atoms with E-state index in [1.807, 2.05) is 0 Å². The molecule has 0 saturated heterocycles. The second-order valence-electron chi connectivity index (χ2n) is 5.06. The number of carbonyl (C=O) groups excluding carboxylic acids is 1. The Balaban J connectivity index is 1.99. The van der Waals surface area contributed by atoms with E-state index in [4.69, 9.17) is 27.9 Å². The van der Waals surface area contributed by atoms with Crippen LogP contribution in [0.4, 0.5) is 0 Å². The third-order valence-electron chi connectivity index (χ3n) is 3.16. The van der Waals surface area contributed by atoms with Gasteiger partial charge in [-0.25, -0.2) is 5.43 Å². The lowest BCUT2D eigenvalue weighted by Crippen LogP contribution is -2.34. The Morgan fingerprint density at radius 3 is 2.67 bits per heavy atom. The molecule has 2 aromatic carbocycles. The topological polar surface area (TPSA) is 70.9 Å². The molecule has 2 aromatic rings. The van der Waals surface area contributed by atoms with Gasteiger partial charge in [-0.3, -0.25) is 4.79 Å². The molecule has 0 fully saturated rings. The van der Waals surface area contributed by atoms with Gasteiger partial charge in [-0.1, -0.05) is 35.3 Å². The SMILES string of the molecule is C/C(=N\NC(=O)C(C)Oc1ccc(Cl)cc1Cl)c1cccc(O)c1. The van der Waals surface area contributed by atoms with E-state index in [9.17, 15) is 9.90 Å². The van der Waals surface area contributed by atoms with Crippen LogP contribution >= 0.6 is 23.2 Å². The monoisotopic (exact) mass is 366 g/mol. The van der Waals surface area contributed by atoms with Crippen molar-refractivity contribution in [1.29, 1.82) is 0 Å². The summed E-state index contributed by atoms with van der Waals surface area (Å²) in [5.74, 6) is 0.0559. The molecular weight excluding hydrogens is 351 g/mol. The Labute approximate surface area is 149 Å². The van der Waals surface area contributed by atoms with Crippen LogP contribution < -0.4 is 10.2 Å². The lowest BCUT2D eigenvalue weighted by Gasteiger charge is -2.14. The molecule has 0 heterocycles. The van der Waals surface area contributed by atoms with Gasteiger partial charge in [-0.15, -0.1) is 0 Å². The highest BCUT2D eigenvalue weighted by Crippen LogP contribution is 2.28. The van der Waals surface area contributed by atoms with Crippen LogP contribution in [0.5, 0.6) is 11.5 Å². The zero-order valence-corrected chi connectivity index (χ0v) is 14.6. The first-order chi connectivity index (χ1) is 11.4. The van der Waals surface area contributed by atoms with Crippen molar-refractivity contribution in [3.63, 3.8) is 0 Å². The van der Waals surface area contributed by atoms with Gasteiger partial charge in [-0.05, 0) is 44.2 Å². The fourth-order valence-corrected chi connectivity index (χ4v) is 2.29. The standard InChI is InChI=1S/C17H16Cl2N2O3/c1-10(12-4-3-5-14(22)8-12)20-21-17(23)11(2)24-16-7-6-13(18)9-15(16)19/h3-9,11,22H,1-2H3,(H,21,23)/b20-10+. The molecule has 0 bridgehead atoms. The maximum atomic E-state index is 12.1. The molecule has 2 N–H and O–H groups in total. The molecule has 7 heteroatoms. The average molecular weight is 367 g/mol. The molecule has 0 spiro atoms. The number of halogens is 2. The zero-order chi connectivity index (χ0) is 17.7. The van der Waals surface area contributed by atoms with E-state index in [-0.39, 0.29) is 5.75 Å². The lowest BCUT2D eigenvalue weighted by atomic mass is 10.1. The van der Waals surface area contributed by atoms with E-state index in [1.54, 1.807) is 50.2 Å². The summed E-state index contributed by atoms with van der Waals surface area (Å²) < 4.78 is 5.51. The first kappa shape index (κ1) is 18.1. The predicted molar refractivity (Wildman–Crippen MR) is 95.0 cm³/mol. The summed E-state index contributed by atoms with van der Waals surface area (Å²) in [5.41, 5.74) is 3.68. The molecule has 2 rings (SSSR count). The number of rotatable bonds is 5. The molecule has 1 unspecified atom stereocenters. The maximum Gasteiger partial charge on any atom is 0.280 e. The number of amides is 1. The molecule has 0 aromatic heterocycles. The fourth-order valence-electron chi connectivity index (χ4n) is 1.84. The van der Waals surface area contributed by atoms with E-state index >= 15 is 0 Å². The highest BCUT2D eigenvalue weighted by atomic mass is 35.5. The highest BCUT2D eigenvalue weighted by molar-refractivity contribution is 6.35. The molecule has 1 amide bonds. The van der Waals surface area contributed by atoms with Crippen molar-refractivity contribution in [2.45, 2.75) is 20.0 Å². The number of phenols is 1. The van der Waals surface area contributed by atoms with Gasteiger partial charge in [0.15, 0.2) is 6.10 Å². The van der Waals surface area contributed by atoms with E-state index in [0.29, 0.717) is 27.1 Å². The van der Waals surface area contributed by atoms with Crippen molar-refractivity contribution >= 4 is 34.8 Å². The maximum absolute atomic E-state index is 12.1. The molecule has 24 heavy (non-hydrogen) atoms. The van der Waals surface area contributed by atoms with Crippen LogP contribution in [-0.4, -0.2) is 22.8 Å². The minimum atomic E-state index is -0.801. The summed E-state index contributed by atoms with van der Waals surface area (Å²) >= 11 is 11.8. The minimum Gasteiger partial charge on any atom is -0.508 e. The Bertz CT molecular complexity index is 778. The van der Waals surface area contributed by atoms with Crippen molar-refractivity contribution in [3.05, 3.63) is 58.1 Å². The number of hydrazone groups is 1. The number of phenolic OH excluding ortho intramolecular Hbond substituents is 1. The Morgan fingerprint density at radius 1 is 1.25 bits per heavy atom. The van der Waals surface area contributed by atoms with Crippen molar-refractivity contribution in [3.8, 4) is 11.5 Å². The second-order valence-corrected chi connectivity index (χ2v) is 5.90. The van der Waals surface area contributed by atoms with Gasteiger partial charge in [0.2, 0.25) is 0 Å². The number of hydrogen-bond acceptors (Lipinski definition) is 4. The van der Waals surface area contributed by atoms with E-state index in [2.05, 4.69) is 10.5 Å². The average Bonchev–Trinajstić information content (AvgIpc) is 2.54. The van der Waals surface area contributed by atoms with E-state index < -0.39 is 12.0 Å². The van der Waals surface area contributed by atoms with Gasteiger partial charge >= 0.3 is 0 Å². The number of hydrogen-bond donors (Lipinski definition) is 2. The molecule has 0 aliphatic heterocycles. The Kier molecular flexibility index (Phi) is 6.06. The smallest absolute Gasteiger partial charge is 0.280 e. The van der Waals surface area contributed by atoms with Crippen LogP contribution in [0, 0.1) is 0 Å². The number of benzene rings is 2. The summed E-state index contributed by atoms with van der Waals surface area (Å²) in [5, 5.41) is 14.3. The van der Waals surface area contributed by atoms with Crippen molar-refractivity contribution in [2.24, 2.45) is 5.10 Å². The number of aromatic hydroxyl groups is 1. The van der Waals surface area contributed by atoms with E-state index in [0.717, 1.165) is 0 Å². The van der Waals surface area contributed by atoms with Crippen molar-refractivity contribution in [2.75, 3.05) is 0 Å². The second kappa shape index (κ2) is 8.04. The van der Waals surface area contributed by atoms with Crippen LogP contribution in [-0.2, 0) is 4.79 Å². The van der Waals surface area contributed by atoms with E-state index in [1.165, 1.54) is 6.07 Å². The van der Waals surface area contributed by atoms with Gasteiger partial charge in [0, 0.05) is 10.6 Å². The molecule has 1 atom stereocenters. The molecule has 0 aliphatic carbocycles. The molecule has 0 radical (unpaired) electrons. The largest absolute Gasteiger partial charge is 0.508 e. The number of nitrogens with zero attached hydrogens (tertiary/aromatic N) is 1. The molecule has 5 nitrogen and oxygen atoms in total.